The van der Waals surface area contributed by atoms with Gasteiger partial charge in [0.25, 0.3) is 0 Å². The van der Waals surface area contributed by atoms with Gasteiger partial charge in [0.15, 0.2) is 6.29 Å². The molecule has 0 atom stereocenters. The van der Waals surface area contributed by atoms with Crippen LogP contribution in [0.15, 0.2) is 12.5 Å². The molecule has 0 unspecified atom stereocenters. The molecule has 0 bridgehead atoms. The fourth-order valence-corrected chi connectivity index (χ4v) is 0.974. The van der Waals surface area contributed by atoms with Gasteiger partial charge in [0.2, 0.25) is 0 Å². The van der Waals surface area contributed by atoms with Gasteiger partial charge in [-0.1, -0.05) is 0 Å². The normalized spacial score (nSPS) is 10.2. The molecule has 14 heavy (non-hydrogen) atoms. The summed E-state index contributed by atoms with van der Waals surface area (Å²) in [4.78, 5) is 25.2. The maximum absolute atomic E-state index is 11.2. The van der Waals surface area contributed by atoms with Crippen LogP contribution in [0.2, 0.25) is 0 Å². The highest BCUT2D eigenvalue weighted by molar-refractivity contribution is 5.72. The van der Waals surface area contributed by atoms with Crippen molar-refractivity contribution in [1.29, 1.82) is 0 Å². The lowest BCUT2D eigenvalue weighted by atomic mass is 10.5. The molecule has 0 saturated heterocycles. The number of hydrogen-bond donors (Lipinski definition) is 0. The first-order valence-corrected chi connectivity index (χ1v) is 4.28. The molecule has 76 valence electrons. The number of rotatable bonds is 4. The van der Waals surface area contributed by atoms with Crippen molar-refractivity contribution in [2.24, 2.45) is 0 Å². The molecular weight excluding hydrogens is 184 g/mol. The van der Waals surface area contributed by atoms with E-state index in [9.17, 15) is 9.59 Å². The van der Waals surface area contributed by atoms with Gasteiger partial charge in [-0.15, -0.1) is 0 Å². The van der Waals surface area contributed by atoms with Crippen molar-refractivity contribution in [2.75, 3.05) is 0 Å². The molecule has 0 fully saturated rings. The van der Waals surface area contributed by atoms with Gasteiger partial charge in [0, 0.05) is 6.20 Å². The SMILES string of the molecule is CC(C)OC(=O)Cn1cnc(C=O)c1. The predicted molar refractivity (Wildman–Crippen MR) is 48.8 cm³/mol. The second kappa shape index (κ2) is 4.55. The quantitative estimate of drug-likeness (QED) is 0.524. The number of carbonyl (C=O) groups is 2. The van der Waals surface area contributed by atoms with Gasteiger partial charge < -0.3 is 9.30 Å². The van der Waals surface area contributed by atoms with E-state index < -0.39 is 0 Å². The lowest BCUT2D eigenvalue weighted by molar-refractivity contribution is -0.148. The number of aldehydes is 1. The van der Waals surface area contributed by atoms with E-state index in [1.807, 2.05) is 0 Å². The second-order valence-corrected chi connectivity index (χ2v) is 3.13. The summed E-state index contributed by atoms with van der Waals surface area (Å²) in [5, 5.41) is 0. The Balaban J connectivity index is 2.51. The Morgan fingerprint density at radius 1 is 1.71 bits per heavy atom. The van der Waals surface area contributed by atoms with Crippen LogP contribution in [0.4, 0.5) is 0 Å². The smallest absolute Gasteiger partial charge is 0.326 e. The van der Waals surface area contributed by atoms with Crippen molar-refractivity contribution in [3.05, 3.63) is 18.2 Å². The van der Waals surface area contributed by atoms with Crippen LogP contribution in [0.25, 0.3) is 0 Å². The number of aromatic nitrogens is 2. The fourth-order valence-electron chi connectivity index (χ4n) is 0.974. The Morgan fingerprint density at radius 2 is 2.43 bits per heavy atom. The molecule has 1 aromatic rings. The molecule has 0 N–H and O–H groups in total. The molecule has 0 spiro atoms. The van der Waals surface area contributed by atoms with E-state index in [4.69, 9.17) is 4.74 Å². The van der Waals surface area contributed by atoms with Crippen molar-refractivity contribution >= 4 is 12.3 Å². The van der Waals surface area contributed by atoms with Crippen molar-refractivity contribution in [1.82, 2.24) is 9.55 Å². The van der Waals surface area contributed by atoms with Crippen LogP contribution >= 0.6 is 0 Å². The Hall–Kier alpha value is -1.65. The first-order valence-electron chi connectivity index (χ1n) is 4.28. The van der Waals surface area contributed by atoms with Gasteiger partial charge in [0.05, 0.1) is 12.4 Å². The monoisotopic (exact) mass is 196 g/mol. The van der Waals surface area contributed by atoms with E-state index in [1.54, 1.807) is 13.8 Å². The van der Waals surface area contributed by atoms with Gasteiger partial charge >= 0.3 is 5.97 Å². The second-order valence-electron chi connectivity index (χ2n) is 3.13. The van der Waals surface area contributed by atoms with Crippen LogP contribution in [-0.2, 0) is 16.1 Å². The number of hydrogen-bond acceptors (Lipinski definition) is 4. The van der Waals surface area contributed by atoms with Crippen molar-refractivity contribution in [3.8, 4) is 0 Å². The van der Waals surface area contributed by atoms with Crippen LogP contribution in [0.5, 0.6) is 0 Å². The van der Waals surface area contributed by atoms with Gasteiger partial charge in [-0.25, -0.2) is 4.98 Å². The topological polar surface area (TPSA) is 61.2 Å². The first kappa shape index (κ1) is 10.4. The number of ether oxygens (including phenoxy) is 1. The van der Waals surface area contributed by atoms with Crippen LogP contribution in [0, 0.1) is 0 Å². The molecule has 0 aromatic carbocycles. The number of carbonyl (C=O) groups excluding carboxylic acids is 2. The Bertz CT molecular complexity index is 331. The van der Waals surface area contributed by atoms with Gasteiger partial charge in [0.1, 0.15) is 12.2 Å². The van der Waals surface area contributed by atoms with Gasteiger partial charge in [-0.05, 0) is 13.8 Å². The summed E-state index contributed by atoms with van der Waals surface area (Å²) in [7, 11) is 0. The summed E-state index contributed by atoms with van der Waals surface area (Å²) in [6, 6.07) is 0. The minimum atomic E-state index is -0.338. The molecule has 0 radical (unpaired) electrons. The largest absolute Gasteiger partial charge is 0.462 e. The standard InChI is InChI=1S/C9H12N2O3/c1-7(2)14-9(13)4-11-3-8(5-12)10-6-11/h3,5-7H,4H2,1-2H3. The summed E-state index contributed by atoms with van der Waals surface area (Å²) in [6.07, 6.45) is 3.42. The van der Waals surface area contributed by atoms with E-state index >= 15 is 0 Å². The van der Waals surface area contributed by atoms with E-state index in [-0.39, 0.29) is 18.6 Å². The molecule has 1 heterocycles. The van der Waals surface area contributed by atoms with Gasteiger partial charge in [-0.3, -0.25) is 9.59 Å². The molecule has 1 aromatic heterocycles. The van der Waals surface area contributed by atoms with Gasteiger partial charge in [-0.2, -0.15) is 0 Å². The molecule has 0 aliphatic carbocycles. The molecule has 0 aliphatic rings. The zero-order chi connectivity index (χ0) is 10.6. The minimum Gasteiger partial charge on any atom is -0.462 e. The first-order chi connectivity index (χ1) is 6.61. The highest BCUT2D eigenvalue weighted by Gasteiger charge is 2.06. The highest BCUT2D eigenvalue weighted by atomic mass is 16.5. The Labute approximate surface area is 81.7 Å². The third-order valence-corrected chi connectivity index (χ3v) is 1.45. The molecule has 0 saturated carbocycles. The zero-order valence-corrected chi connectivity index (χ0v) is 8.14. The average Bonchev–Trinajstić information content (AvgIpc) is 2.50. The summed E-state index contributed by atoms with van der Waals surface area (Å²) >= 11 is 0. The lowest BCUT2D eigenvalue weighted by Crippen LogP contribution is -2.16. The summed E-state index contributed by atoms with van der Waals surface area (Å²) in [5.74, 6) is -0.338. The summed E-state index contributed by atoms with van der Waals surface area (Å²) in [6.45, 7) is 3.64. The van der Waals surface area contributed by atoms with Crippen LogP contribution in [0.3, 0.4) is 0 Å². The maximum atomic E-state index is 11.2. The minimum absolute atomic E-state index is 0.0824. The van der Waals surface area contributed by atoms with E-state index in [0.29, 0.717) is 12.0 Å². The molecule has 5 heteroatoms. The molecule has 0 amide bonds. The van der Waals surface area contributed by atoms with Crippen LogP contribution in [-0.4, -0.2) is 27.9 Å². The van der Waals surface area contributed by atoms with Crippen LogP contribution in [0.1, 0.15) is 24.3 Å². The Morgan fingerprint density at radius 3 is 2.93 bits per heavy atom. The average molecular weight is 196 g/mol. The number of esters is 1. The highest BCUT2D eigenvalue weighted by Crippen LogP contribution is 1.96. The zero-order valence-electron chi connectivity index (χ0n) is 8.14. The third-order valence-electron chi connectivity index (χ3n) is 1.45. The maximum Gasteiger partial charge on any atom is 0.326 e. The fraction of sp³-hybridized carbons (Fsp3) is 0.444. The molecule has 0 aliphatic heterocycles. The van der Waals surface area contributed by atoms with Crippen molar-refractivity contribution in [3.63, 3.8) is 0 Å². The molecule has 5 nitrogen and oxygen atoms in total. The molecule has 1 rings (SSSR count). The lowest BCUT2D eigenvalue weighted by Gasteiger charge is -2.07. The Kier molecular flexibility index (Phi) is 3.39. The predicted octanol–water partition coefficient (Wildman–Crippen LogP) is 0.647. The van der Waals surface area contributed by atoms with Crippen LogP contribution < -0.4 is 0 Å². The summed E-state index contributed by atoms with van der Waals surface area (Å²) < 4.78 is 6.43. The third kappa shape index (κ3) is 3.01. The summed E-state index contributed by atoms with van der Waals surface area (Å²) in [5.41, 5.74) is 0.308. The number of imidazole rings is 1. The van der Waals surface area contributed by atoms with Crippen molar-refractivity contribution in [2.45, 2.75) is 26.5 Å². The van der Waals surface area contributed by atoms with E-state index in [1.165, 1.54) is 17.1 Å². The van der Waals surface area contributed by atoms with E-state index in [0.717, 1.165) is 0 Å². The van der Waals surface area contributed by atoms with E-state index in [2.05, 4.69) is 4.98 Å². The van der Waals surface area contributed by atoms with Crippen molar-refractivity contribution < 1.29 is 14.3 Å². The number of nitrogens with zero attached hydrogens (tertiary/aromatic N) is 2. The molecular formula is C9H12N2O3.